The van der Waals surface area contributed by atoms with Crippen molar-refractivity contribution in [3.05, 3.63) is 57.7 Å². The predicted octanol–water partition coefficient (Wildman–Crippen LogP) is 4.57. The van der Waals surface area contributed by atoms with Crippen molar-refractivity contribution in [3.63, 3.8) is 0 Å². The zero-order valence-corrected chi connectivity index (χ0v) is 15.1. The van der Waals surface area contributed by atoms with Crippen LogP contribution in [0.1, 0.15) is 35.7 Å². The first kappa shape index (κ1) is 18.6. The van der Waals surface area contributed by atoms with Crippen molar-refractivity contribution in [2.24, 2.45) is 0 Å². The second kappa shape index (κ2) is 9.50. The molecule has 4 nitrogen and oxygen atoms in total. The van der Waals surface area contributed by atoms with Gasteiger partial charge in [-0.2, -0.15) is 0 Å². The maximum absolute atomic E-state index is 12.0. The van der Waals surface area contributed by atoms with E-state index in [9.17, 15) is 4.79 Å². The van der Waals surface area contributed by atoms with Gasteiger partial charge in [0.1, 0.15) is 5.82 Å². The SMILES string of the molecule is CCCCNC(=O)c1ccnc(NCCc2ccc(Cl)cc2Cl)c1. The highest BCUT2D eigenvalue weighted by Gasteiger charge is 2.06. The van der Waals surface area contributed by atoms with Gasteiger partial charge >= 0.3 is 0 Å². The van der Waals surface area contributed by atoms with Crippen LogP contribution in [0.5, 0.6) is 0 Å². The van der Waals surface area contributed by atoms with Gasteiger partial charge in [-0.15, -0.1) is 0 Å². The number of pyridine rings is 1. The lowest BCUT2D eigenvalue weighted by molar-refractivity contribution is 0.0953. The van der Waals surface area contributed by atoms with Gasteiger partial charge in [0.05, 0.1) is 0 Å². The van der Waals surface area contributed by atoms with Crippen LogP contribution in [0.15, 0.2) is 36.5 Å². The van der Waals surface area contributed by atoms with Crippen molar-refractivity contribution in [1.82, 2.24) is 10.3 Å². The summed E-state index contributed by atoms with van der Waals surface area (Å²) in [6.45, 7) is 3.44. The molecule has 0 saturated heterocycles. The van der Waals surface area contributed by atoms with Gasteiger partial charge in [0.15, 0.2) is 0 Å². The molecule has 0 aliphatic rings. The van der Waals surface area contributed by atoms with E-state index in [0.29, 0.717) is 34.5 Å². The summed E-state index contributed by atoms with van der Waals surface area (Å²) in [5.74, 6) is 0.595. The molecule has 2 rings (SSSR count). The van der Waals surface area contributed by atoms with Crippen LogP contribution in [-0.2, 0) is 6.42 Å². The van der Waals surface area contributed by atoms with Crippen molar-refractivity contribution in [3.8, 4) is 0 Å². The molecule has 1 aromatic heterocycles. The monoisotopic (exact) mass is 365 g/mol. The molecule has 2 N–H and O–H groups in total. The molecular formula is C18H21Cl2N3O. The normalized spacial score (nSPS) is 10.5. The van der Waals surface area contributed by atoms with Gasteiger partial charge in [-0.05, 0) is 42.7 Å². The second-order valence-electron chi connectivity index (χ2n) is 5.45. The highest BCUT2D eigenvalue weighted by molar-refractivity contribution is 6.35. The Balaban J connectivity index is 1.88. The maximum atomic E-state index is 12.0. The van der Waals surface area contributed by atoms with Crippen LogP contribution in [0, 0.1) is 0 Å². The van der Waals surface area contributed by atoms with Crippen molar-refractivity contribution < 1.29 is 4.79 Å². The fraction of sp³-hybridized carbons (Fsp3) is 0.333. The van der Waals surface area contributed by atoms with Gasteiger partial charge in [-0.3, -0.25) is 4.79 Å². The fourth-order valence-electron chi connectivity index (χ4n) is 2.20. The number of carbonyl (C=O) groups is 1. The molecule has 1 amide bonds. The average Bonchev–Trinajstić information content (AvgIpc) is 2.57. The highest BCUT2D eigenvalue weighted by Crippen LogP contribution is 2.21. The number of halogens is 2. The average molecular weight is 366 g/mol. The number of carbonyl (C=O) groups excluding carboxylic acids is 1. The summed E-state index contributed by atoms with van der Waals surface area (Å²) in [5.41, 5.74) is 1.62. The van der Waals surface area contributed by atoms with Crippen LogP contribution in [0.4, 0.5) is 5.82 Å². The lowest BCUT2D eigenvalue weighted by Crippen LogP contribution is -2.24. The first-order chi connectivity index (χ1) is 11.6. The molecule has 0 aliphatic heterocycles. The number of aromatic nitrogens is 1. The molecule has 0 spiro atoms. The zero-order valence-electron chi connectivity index (χ0n) is 13.6. The predicted molar refractivity (Wildman–Crippen MR) is 100 cm³/mol. The van der Waals surface area contributed by atoms with Crippen molar-refractivity contribution in [2.75, 3.05) is 18.4 Å². The molecule has 6 heteroatoms. The van der Waals surface area contributed by atoms with E-state index in [1.165, 1.54) is 0 Å². The molecule has 0 saturated carbocycles. The molecule has 0 aliphatic carbocycles. The number of hydrogen-bond acceptors (Lipinski definition) is 3. The first-order valence-electron chi connectivity index (χ1n) is 8.02. The first-order valence-corrected chi connectivity index (χ1v) is 8.77. The molecule has 0 fully saturated rings. The maximum Gasteiger partial charge on any atom is 0.251 e. The van der Waals surface area contributed by atoms with Gasteiger partial charge in [0.2, 0.25) is 0 Å². The van der Waals surface area contributed by atoms with Crippen LogP contribution in [-0.4, -0.2) is 24.0 Å². The van der Waals surface area contributed by atoms with Gasteiger partial charge in [-0.25, -0.2) is 4.98 Å². The molecule has 2 aromatic rings. The Morgan fingerprint density at radius 1 is 1.17 bits per heavy atom. The molecular weight excluding hydrogens is 345 g/mol. The Morgan fingerprint density at radius 3 is 2.75 bits per heavy atom. The number of nitrogens with one attached hydrogen (secondary N) is 2. The number of benzene rings is 1. The van der Waals surface area contributed by atoms with Crippen LogP contribution in [0.3, 0.4) is 0 Å². The standard InChI is InChI=1S/C18H21Cl2N3O/c1-2-3-8-23-18(24)14-7-10-22-17(11-14)21-9-6-13-4-5-15(19)12-16(13)20/h4-5,7,10-12H,2-3,6,8-9H2,1H3,(H,21,22)(H,23,24). The van der Waals surface area contributed by atoms with E-state index in [1.807, 2.05) is 12.1 Å². The topological polar surface area (TPSA) is 54.0 Å². The Labute approximate surface area is 152 Å². The Morgan fingerprint density at radius 2 is 2.00 bits per heavy atom. The van der Waals surface area contributed by atoms with E-state index in [0.717, 1.165) is 24.8 Å². The van der Waals surface area contributed by atoms with Crippen molar-refractivity contribution in [1.29, 1.82) is 0 Å². The number of hydrogen-bond donors (Lipinski definition) is 2. The second-order valence-corrected chi connectivity index (χ2v) is 6.30. The summed E-state index contributed by atoms with van der Waals surface area (Å²) in [6, 6.07) is 8.94. The van der Waals surface area contributed by atoms with E-state index in [4.69, 9.17) is 23.2 Å². The Kier molecular flexibility index (Phi) is 7.35. The zero-order chi connectivity index (χ0) is 17.4. The number of anilines is 1. The van der Waals surface area contributed by atoms with E-state index in [2.05, 4.69) is 22.5 Å². The number of amides is 1. The minimum Gasteiger partial charge on any atom is -0.370 e. The molecule has 0 atom stereocenters. The third-order valence-electron chi connectivity index (χ3n) is 3.55. The van der Waals surface area contributed by atoms with E-state index >= 15 is 0 Å². The molecule has 24 heavy (non-hydrogen) atoms. The minimum absolute atomic E-state index is 0.0744. The Bertz CT molecular complexity index is 692. The number of nitrogens with zero attached hydrogens (tertiary/aromatic N) is 1. The molecule has 0 bridgehead atoms. The van der Waals surface area contributed by atoms with Gasteiger partial charge < -0.3 is 10.6 Å². The third-order valence-corrected chi connectivity index (χ3v) is 4.14. The highest BCUT2D eigenvalue weighted by atomic mass is 35.5. The van der Waals surface area contributed by atoms with Crippen molar-refractivity contribution >= 4 is 34.9 Å². The summed E-state index contributed by atoms with van der Waals surface area (Å²) in [4.78, 5) is 16.3. The molecule has 1 aromatic carbocycles. The largest absolute Gasteiger partial charge is 0.370 e. The number of unbranched alkanes of at least 4 members (excludes halogenated alkanes) is 1. The fourth-order valence-corrected chi connectivity index (χ4v) is 2.70. The molecule has 0 unspecified atom stereocenters. The number of rotatable bonds is 8. The lowest BCUT2D eigenvalue weighted by Gasteiger charge is -2.09. The van der Waals surface area contributed by atoms with Crippen LogP contribution < -0.4 is 10.6 Å². The third kappa shape index (κ3) is 5.69. The summed E-state index contributed by atoms with van der Waals surface area (Å²) < 4.78 is 0. The van der Waals surface area contributed by atoms with E-state index < -0.39 is 0 Å². The summed E-state index contributed by atoms with van der Waals surface area (Å²) in [7, 11) is 0. The van der Waals surface area contributed by atoms with Gasteiger partial charge in [-0.1, -0.05) is 42.6 Å². The van der Waals surface area contributed by atoms with Crippen LogP contribution >= 0.6 is 23.2 Å². The molecule has 1 heterocycles. The van der Waals surface area contributed by atoms with Gasteiger partial charge in [0, 0.05) is 34.9 Å². The molecule has 0 radical (unpaired) electrons. The van der Waals surface area contributed by atoms with E-state index in [1.54, 1.807) is 24.4 Å². The lowest BCUT2D eigenvalue weighted by atomic mass is 10.1. The van der Waals surface area contributed by atoms with Crippen LogP contribution in [0.25, 0.3) is 0 Å². The van der Waals surface area contributed by atoms with Crippen LogP contribution in [0.2, 0.25) is 10.0 Å². The summed E-state index contributed by atoms with van der Waals surface area (Å²) in [5, 5.41) is 7.39. The minimum atomic E-state index is -0.0744. The smallest absolute Gasteiger partial charge is 0.251 e. The molecule has 128 valence electrons. The van der Waals surface area contributed by atoms with Crippen molar-refractivity contribution in [2.45, 2.75) is 26.2 Å². The van der Waals surface area contributed by atoms with E-state index in [-0.39, 0.29) is 5.91 Å². The summed E-state index contributed by atoms with van der Waals surface area (Å²) in [6.07, 6.45) is 4.40. The Hall–Kier alpha value is -1.78. The van der Waals surface area contributed by atoms with Gasteiger partial charge in [0.25, 0.3) is 5.91 Å². The summed E-state index contributed by atoms with van der Waals surface area (Å²) >= 11 is 12.0. The quantitative estimate of drug-likeness (QED) is 0.673.